The molecule has 0 aliphatic heterocycles. The molecule has 0 saturated heterocycles. The maximum absolute atomic E-state index is 9.00. The van der Waals surface area contributed by atoms with E-state index in [0.29, 0.717) is 11.1 Å². The minimum Gasteiger partial charge on any atom is -0.192 e. The fourth-order valence-electron chi connectivity index (χ4n) is 1.52. The summed E-state index contributed by atoms with van der Waals surface area (Å²) in [5.74, 6) is 0. The third kappa shape index (κ3) is 1.78. The summed E-state index contributed by atoms with van der Waals surface area (Å²) in [6.45, 7) is 0. The molecule has 0 aromatic heterocycles. The zero-order valence-electron chi connectivity index (χ0n) is 8.44. The highest BCUT2D eigenvalue weighted by Crippen LogP contribution is 2.24. The zero-order valence-corrected chi connectivity index (χ0v) is 8.44. The molecule has 2 aromatic carbocycles. The molecule has 73 valence electrons. The van der Waals surface area contributed by atoms with Gasteiger partial charge in [0.25, 0.3) is 0 Å². The first-order valence-electron chi connectivity index (χ1n) is 4.76. The van der Waals surface area contributed by atoms with E-state index in [1.54, 1.807) is 30.3 Å². The molecule has 0 fully saturated rings. The Labute approximate surface area is 94.0 Å². The number of nitrogens with zero attached hydrogens (tertiary/aromatic N) is 2. The number of nitriles is 2. The van der Waals surface area contributed by atoms with Gasteiger partial charge in [0.1, 0.15) is 0 Å². The third-order valence-corrected chi connectivity index (χ3v) is 2.30. The smallest absolute Gasteiger partial charge is 0.0998 e. The van der Waals surface area contributed by atoms with Crippen molar-refractivity contribution in [3.05, 3.63) is 59.7 Å². The van der Waals surface area contributed by atoms with Crippen LogP contribution in [0.2, 0.25) is 0 Å². The van der Waals surface area contributed by atoms with E-state index < -0.39 is 0 Å². The van der Waals surface area contributed by atoms with Crippen molar-refractivity contribution in [1.29, 1.82) is 10.5 Å². The molecule has 0 aliphatic rings. The fourth-order valence-corrected chi connectivity index (χ4v) is 1.52. The van der Waals surface area contributed by atoms with Gasteiger partial charge in [0.15, 0.2) is 0 Å². The molecule has 0 aliphatic carbocycles. The van der Waals surface area contributed by atoms with Gasteiger partial charge in [-0.05, 0) is 29.8 Å². The van der Waals surface area contributed by atoms with Crippen molar-refractivity contribution in [2.75, 3.05) is 0 Å². The summed E-state index contributed by atoms with van der Waals surface area (Å²) in [7, 11) is 0. The molecule has 0 N–H and O–H groups in total. The summed E-state index contributed by atoms with van der Waals surface area (Å²) in [5.41, 5.74) is 2.84. The van der Waals surface area contributed by atoms with Crippen LogP contribution in [-0.4, -0.2) is 0 Å². The predicted octanol–water partition coefficient (Wildman–Crippen LogP) is 2.90. The van der Waals surface area contributed by atoms with Crippen LogP contribution in [0.25, 0.3) is 11.1 Å². The lowest BCUT2D eigenvalue weighted by Crippen LogP contribution is -1.86. The summed E-state index contributed by atoms with van der Waals surface area (Å²) in [5, 5.41) is 17.8. The first-order chi connectivity index (χ1) is 7.85. The number of rotatable bonds is 1. The molecule has 2 nitrogen and oxygen atoms in total. The van der Waals surface area contributed by atoms with E-state index in [1.807, 2.05) is 12.1 Å². The Morgan fingerprint density at radius 1 is 0.938 bits per heavy atom. The number of hydrogen-bond donors (Lipinski definition) is 0. The molecular weight excluding hydrogens is 196 g/mol. The molecule has 0 unspecified atom stereocenters. The van der Waals surface area contributed by atoms with Gasteiger partial charge in [0.2, 0.25) is 0 Å². The largest absolute Gasteiger partial charge is 0.192 e. The van der Waals surface area contributed by atoms with Gasteiger partial charge < -0.3 is 0 Å². The summed E-state index contributed by atoms with van der Waals surface area (Å²) < 4.78 is 0. The lowest BCUT2D eigenvalue weighted by molar-refractivity contribution is 1.45. The number of hydrogen-bond acceptors (Lipinski definition) is 2. The standard InChI is InChI=1S/C14H7N2/c15-9-11-6-7-13(10-16)14(8-11)12-4-2-1-3-5-12/h2-8H. The molecule has 1 radical (unpaired) electrons. The second-order valence-corrected chi connectivity index (χ2v) is 3.27. The average Bonchev–Trinajstić information content (AvgIpc) is 2.39. The van der Waals surface area contributed by atoms with E-state index in [-0.39, 0.29) is 0 Å². The van der Waals surface area contributed by atoms with Crippen LogP contribution in [0.1, 0.15) is 11.1 Å². The lowest BCUT2D eigenvalue weighted by Gasteiger charge is -2.03. The normalized spacial score (nSPS) is 9.12. The maximum atomic E-state index is 9.00. The van der Waals surface area contributed by atoms with Crippen molar-refractivity contribution < 1.29 is 0 Å². The Morgan fingerprint density at radius 3 is 2.31 bits per heavy atom. The molecule has 0 heterocycles. The Hall–Kier alpha value is -2.58. The molecule has 2 rings (SSSR count). The topological polar surface area (TPSA) is 47.6 Å². The van der Waals surface area contributed by atoms with Crippen LogP contribution in [0.15, 0.2) is 42.5 Å². The van der Waals surface area contributed by atoms with E-state index in [0.717, 1.165) is 11.1 Å². The molecule has 2 heteroatoms. The van der Waals surface area contributed by atoms with Crippen LogP contribution in [0.5, 0.6) is 0 Å². The van der Waals surface area contributed by atoms with Crippen LogP contribution in [0.3, 0.4) is 0 Å². The van der Waals surface area contributed by atoms with Crippen molar-refractivity contribution in [2.24, 2.45) is 0 Å². The van der Waals surface area contributed by atoms with Crippen molar-refractivity contribution >= 4 is 0 Å². The van der Waals surface area contributed by atoms with E-state index in [9.17, 15) is 0 Å². The van der Waals surface area contributed by atoms with Crippen molar-refractivity contribution in [3.63, 3.8) is 0 Å². The Morgan fingerprint density at radius 2 is 1.69 bits per heavy atom. The van der Waals surface area contributed by atoms with Gasteiger partial charge in [-0.1, -0.05) is 24.3 Å². The molecule has 0 amide bonds. The molecule has 0 saturated carbocycles. The third-order valence-electron chi connectivity index (χ3n) is 2.30. The highest BCUT2D eigenvalue weighted by molar-refractivity contribution is 5.71. The number of benzene rings is 2. The van der Waals surface area contributed by atoms with Gasteiger partial charge in [-0.2, -0.15) is 10.5 Å². The Kier molecular flexibility index (Phi) is 2.67. The van der Waals surface area contributed by atoms with Crippen LogP contribution >= 0.6 is 0 Å². The van der Waals surface area contributed by atoms with Crippen molar-refractivity contribution in [1.82, 2.24) is 0 Å². The molecule has 2 aromatic rings. The zero-order chi connectivity index (χ0) is 11.4. The summed E-state index contributed by atoms with van der Waals surface area (Å²) in [6, 6.07) is 19.5. The first-order valence-corrected chi connectivity index (χ1v) is 4.76. The monoisotopic (exact) mass is 203 g/mol. The van der Waals surface area contributed by atoms with E-state index in [1.165, 1.54) is 0 Å². The van der Waals surface area contributed by atoms with Crippen molar-refractivity contribution in [3.8, 4) is 23.3 Å². The van der Waals surface area contributed by atoms with E-state index >= 15 is 0 Å². The van der Waals surface area contributed by atoms with Crippen molar-refractivity contribution in [2.45, 2.75) is 0 Å². The van der Waals surface area contributed by atoms with E-state index in [2.05, 4.69) is 18.2 Å². The minimum atomic E-state index is 0.557. The first kappa shape index (κ1) is 9.96. The van der Waals surface area contributed by atoms with Gasteiger partial charge in [-0.3, -0.25) is 0 Å². The Balaban J connectivity index is 2.65. The highest BCUT2D eigenvalue weighted by atomic mass is 14.3. The average molecular weight is 203 g/mol. The summed E-state index contributed by atoms with van der Waals surface area (Å²) in [6.07, 6.45) is 0. The van der Waals surface area contributed by atoms with Gasteiger partial charge >= 0.3 is 0 Å². The molecular formula is C14H7N2. The highest BCUT2D eigenvalue weighted by Gasteiger charge is 2.05. The van der Waals surface area contributed by atoms with Gasteiger partial charge in [0, 0.05) is 5.56 Å². The molecule has 0 atom stereocenters. The van der Waals surface area contributed by atoms with Gasteiger partial charge in [-0.25, -0.2) is 0 Å². The maximum Gasteiger partial charge on any atom is 0.0998 e. The van der Waals surface area contributed by atoms with E-state index in [4.69, 9.17) is 10.5 Å². The van der Waals surface area contributed by atoms with Crippen LogP contribution < -0.4 is 0 Å². The molecule has 16 heavy (non-hydrogen) atoms. The quantitative estimate of drug-likeness (QED) is 0.715. The summed E-state index contributed by atoms with van der Waals surface area (Å²) >= 11 is 0. The van der Waals surface area contributed by atoms with Crippen LogP contribution in [0.4, 0.5) is 0 Å². The van der Waals surface area contributed by atoms with Crippen LogP contribution in [-0.2, 0) is 0 Å². The Bertz CT molecular complexity index is 586. The predicted molar refractivity (Wildman–Crippen MR) is 60.1 cm³/mol. The fraction of sp³-hybridized carbons (Fsp3) is 0. The molecule has 0 spiro atoms. The SMILES string of the molecule is N#Cc1ccc(C#N)c(-c2cc[c]cc2)c1. The van der Waals surface area contributed by atoms with Gasteiger partial charge in [0.05, 0.1) is 23.3 Å². The minimum absolute atomic E-state index is 0.557. The molecule has 0 bridgehead atoms. The van der Waals surface area contributed by atoms with Crippen LogP contribution in [0, 0.1) is 28.7 Å². The lowest BCUT2D eigenvalue weighted by atomic mass is 9.98. The second-order valence-electron chi connectivity index (χ2n) is 3.27. The van der Waals surface area contributed by atoms with Gasteiger partial charge in [-0.15, -0.1) is 0 Å². The second kappa shape index (κ2) is 4.29. The summed E-state index contributed by atoms with van der Waals surface area (Å²) in [4.78, 5) is 0.